The lowest BCUT2D eigenvalue weighted by Crippen LogP contribution is -2.61. The van der Waals surface area contributed by atoms with Gasteiger partial charge in [-0.2, -0.15) is 26.3 Å². The van der Waals surface area contributed by atoms with Gasteiger partial charge in [-0.3, -0.25) is 0 Å². The normalized spacial score (nSPS) is 40.0. The second-order valence-corrected chi connectivity index (χ2v) is 11.3. The number of allylic oxidation sites excluding steroid dienone is 2. The van der Waals surface area contributed by atoms with Crippen LogP contribution in [-0.2, 0) is 12.5 Å². The zero-order valence-electron chi connectivity index (χ0n) is 18.7. The molecule has 4 saturated carbocycles. The van der Waals surface area contributed by atoms with Gasteiger partial charge in [-0.1, -0.05) is 30.3 Å². The first-order valence-electron chi connectivity index (χ1n) is 12.1. The topological polar surface area (TPSA) is 4.93 Å². The van der Waals surface area contributed by atoms with E-state index >= 15 is 17.6 Å². The number of halogens is 6. The molecule has 1 aromatic heterocycles. The summed E-state index contributed by atoms with van der Waals surface area (Å²) >= 11 is 0. The van der Waals surface area contributed by atoms with Gasteiger partial charge in [0.15, 0.2) is 0 Å². The quantitative estimate of drug-likeness (QED) is 0.383. The van der Waals surface area contributed by atoms with Crippen LogP contribution in [0.15, 0.2) is 48.2 Å². The van der Waals surface area contributed by atoms with Gasteiger partial charge in [-0.25, -0.2) is 0 Å². The first-order chi connectivity index (χ1) is 16.0. The highest BCUT2D eigenvalue weighted by Crippen LogP contribution is 2.76. The van der Waals surface area contributed by atoms with Gasteiger partial charge < -0.3 is 4.57 Å². The van der Waals surface area contributed by atoms with E-state index in [2.05, 4.69) is 0 Å². The molecule has 4 bridgehead atoms. The molecule has 0 saturated heterocycles. The van der Waals surface area contributed by atoms with Gasteiger partial charge in [0.05, 0.1) is 0 Å². The Bertz CT molecular complexity index is 1190. The molecular formula is C27H25F6N. The molecule has 8 rings (SSSR count). The Morgan fingerprint density at radius 2 is 1.35 bits per heavy atom. The van der Waals surface area contributed by atoms with Gasteiger partial charge >= 0.3 is 17.8 Å². The van der Waals surface area contributed by atoms with Gasteiger partial charge in [-0.15, -0.1) is 0 Å². The van der Waals surface area contributed by atoms with Gasteiger partial charge in [-0.05, 0) is 67.4 Å². The summed E-state index contributed by atoms with van der Waals surface area (Å²) in [5.41, 5.74) is -2.20. The van der Waals surface area contributed by atoms with Crippen LogP contribution in [0.2, 0.25) is 0 Å². The molecule has 6 aliphatic carbocycles. The highest BCUT2D eigenvalue weighted by Gasteiger charge is 2.83. The van der Waals surface area contributed by atoms with Crippen LogP contribution in [0.25, 0.3) is 5.57 Å². The number of aromatic nitrogens is 1. The van der Waals surface area contributed by atoms with E-state index in [1.54, 1.807) is 48.1 Å². The number of hydrogen-bond donors (Lipinski definition) is 0. The number of aryl methyl sites for hydroxylation is 1. The molecular weight excluding hydrogens is 452 g/mol. The van der Waals surface area contributed by atoms with E-state index in [0.717, 1.165) is 32.1 Å². The largest absolute Gasteiger partial charge is 0.380 e. The van der Waals surface area contributed by atoms with Gasteiger partial charge in [0, 0.05) is 47.0 Å². The van der Waals surface area contributed by atoms with E-state index in [1.807, 2.05) is 0 Å². The second-order valence-electron chi connectivity index (χ2n) is 11.3. The van der Waals surface area contributed by atoms with Crippen LogP contribution in [0.4, 0.5) is 26.3 Å². The summed E-state index contributed by atoms with van der Waals surface area (Å²) in [6, 6.07) is 9.77. The molecule has 1 atom stereocenters. The standard InChI is InChI=1S/C27H25F6N/c1-34-8-7-19-21-22(26(30,31)27(32,33)25(21,28)29)20(16-5-3-2-4-6-16)24(23(19)34)17-10-14-9-15(12-17)13-18(24)11-14/h2-8,14-15,17-18,20H,9-13H2,1H3. The monoisotopic (exact) mass is 477 g/mol. The van der Waals surface area contributed by atoms with Crippen LogP contribution in [-0.4, -0.2) is 22.3 Å². The summed E-state index contributed by atoms with van der Waals surface area (Å²) in [5, 5.41) is 0. The fraction of sp³-hybridized carbons (Fsp3) is 0.556. The number of hydrogen-bond acceptors (Lipinski definition) is 0. The number of fused-ring (bicyclic) bond motifs is 2. The average molecular weight is 477 g/mol. The molecule has 1 unspecified atom stereocenters. The number of rotatable bonds is 1. The molecule has 1 spiro atoms. The summed E-state index contributed by atoms with van der Waals surface area (Å²) < 4.78 is 93.8. The lowest BCUT2D eigenvalue weighted by molar-refractivity contribution is -0.261. The Labute approximate surface area is 193 Å². The molecule has 0 aliphatic heterocycles. The summed E-state index contributed by atoms with van der Waals surface area (Å²) in [6.45, 7) is 0. The first-order valence-corrected chi connectivity index (χ1v) is 12.1. The minimum absolute atomic E-state index is 0.00555. The third kappa shape index (κ3) is 2.09. The van der Waals surface area contributed by atoms with E-state index in [9.17, 15) is 8.78 Å². The second kappa shape index (κ2) is 6.14. The Hall–Kier alpha value is -2.18. The minimum atomic E-state index is -5.48. The highest BCUT2D eigenvalue weighted by molar-refractivity contribution is 5.86. The van der Waals surface area contributed by atoms with Crippen molar-refractivity contribution in [2.24, 2.45) is 30.7 Å². The van der Waals surface area contributed by atoms with E-state index in [0.29, 0.717) is 23.1 Å². The highest BCUT2D eigenvalue weighted by atomic mass is 19.3. The molecule has 0 radical (unpaired) electrons. The smallest absolute Gasteiger partial charge is 0.353 e. The zero-order valence-corrected chi connectivity index (χ0v) is 18.7. The van der Waals surface area contributed by atoms with Crippen molar-refractivity contribution in [3.05, 3.63) is 65.0 Å². The number of benzene rings is 1. The molecule has 1 aromatic carbocycles. The van der Waals surface area contributed by atoms with Crippen molar-refractivity contribution in [2.45, 2.75) is 61.2 Å². The van der Waals surface area contributed by atoms with Crippen LogP contribution in [0, 0.1) is 23.7 Å². The maximum atomic E-state index is 15.7. The van der Waals surface area contributed by atoms with Gasteiger partial charge in [0.1, 0.15) is 0 Å². The predicted molar refractivity (Wildman–Crippen MR) is 115 cm³/mol. The van der Waals surface area contributed by atoms with Crippen LogP contribution in [0.1, 0.15) is 54.8 Å². The Balaban J connectivity index is 1.62. The van der Waals surface area contributed by atoms with E-state index in [1.165, 1.54) is 6.07 Å². The lowest BCUT2D eigenvalue weighted by atomic mass is 9.39. The van der Waals surface area contributed by atoms with Crippen molar-refractivity contribution >= 4 is 5.57 Å². The molecule has 4 fully saturated rings. The molecule has 7 heteroatoms. The van der Waals surface area contributed by atoms with E-state index in [4.69, 9.17) is 0 Å². The third-order valence-electron chi connectivity index (χ3n) is 9.85. The van der Waals surface area contributed by atoms with Crippen molar-refractivity contribution in [3.8, 4) is 0 Å². The van der Waals surface area contributed by atoms with Crippen molar-refractivity contribution in [2.75, 3.05) is 0 Å². The summed E-state index contributed by atoms with van der Waals surface area (Å²) in [5.74, 6) is -15.6. The van der Waals surface area contributed by atoms with Crippen LogP contribution in [0.3, 0.4) is 0 Å². The van der Waals surface area contributed by atoms with Crippen LogP contribution < -0.4 is 0 Å². The molecule has 2 aromatic rings. The van der Waals surface area contributed by atoms with Crippen molar-refractivity contribution in [3.63, 3.8) is 0 Å². The van der Waals surface area contributed by atoms with Gasteiger partial charge in [0.2, 0.25) is 0 Å². The third-order valence-corrected chi connectivity index (χ3v) is 9.85. The molecule has 6 aliphatic rings. The summed E-state index contributed by atoms with van der Waals surface area (Å²) in [4.78, 5) is 0. The average Bonchev–Trinajstić information content (AvgIpc) is 3.21. The Morgan fingerprint density at radius 1 is 0.765 bits per heavy atom. The zero-order chi connectivity index (χ0) is 23.8. The molecule has 34 heavy (non-hydrogen) atoms. The molecule has 1 nitrogen and oxygen atoms in total. The van der Waals surface area contributed by atoms with E-state index in [-0.39, 0.29) is 17.4 Å². The van der Waals surface area contributed by atoms with E-state index < -0.39 is 40.2 Å². The fourth-order valence-corrected chi connectivity index (χ4v) is 9.05. The predicted octanol–water partition coefficient (Wildman–Crippen LogP) is 7.19. The molecule has 1 heterocycles. The lowest BCUT2D eigenvalue weighted by Gasteiger charge is -2.65. The fourth-order valence-electron chi connectivity index (χ4n) is 9.05. The summed E-state index contributed by atoms with van der Waals surface area (Å²) in [7, 11) is 1.74. The van der Waals surface area contributed by atoms with Crippen molar-refractivity contribution in [1.29, 1.82) is 0 Å². The Kier molecular flexibility index (Phi) is 3.81. The molecule has 0 N–H and O–H groups in total. The van der Waals surface area contributed by atoms with Crippen molar-refractivity contribution < 1.29 is 26.3 Å². The summed E-state index contributed by atoms with van der Waals surface area (Å²) in [6.07, 6.45) is 6.05. The maximum absolute atomic E-state index is 15.7. The van der Waals surface area contributed by atoms with Crippen molar-refractivity contribution in [1.82, 2.24) is 4.57 Å². The maximum Gasteiger partial charge on any atom is 0.380 e. The minimum Gasteiger partial charge on any atom is -0.353 e. The number of nitrogens with zero attached hydrogens (tertiary/aromatic N) is 1. The van der Waals surface area contributed by atoms with Gasteiger partial charge in [0.25, 0.3) is 0 Å². The first kappa shape index (κ1) is 21.1. The molecule has 180 valence electrons. The van der Waals surface area contributed by atoms with Crippen LogP contribution in [0.5, 0.6) is 0 Å². The van der Waals surface area contributed by atoms with Crippen LogP contribution >= 0.6 is 0 Å². The SMILES string of the molecule is Cn1ccc2c1C1(C3CC4CC(C3)CC1C4)C(c1ccccc1)C1=C2C(F)(F)C(F)(F)C1(F)F. The molecule has 0 amide bonds. The number of alkyl halides is 6. The Morgan fingerprint density at radius 3 is 1.94 bits per heavy atom.